The zero-order valence-electron chi connectivity index (χ0n) is 17.8. The van der Waals surface area contributed by atoms with E-state index in [4.69, 9.17) is 4.74 Å². The summed E-state index contributed by atoms with van der Waals surface area (Å²) in [5.41, 5.74) is 2.83. The molecule has 1 fully saturated rings. The summed E-state index contributed by atoms with van der Waals surface area (Å²) in [5, 5.41) is 5.30. The van der Waals surface area contributed by atoms with Crippen LogP contribution in [0.5, 0.6) is 0 Å². The Morgan fingerprint density at radius 2 is 1.90 bits per heavy atom. The van der Waals surface area contributed by atoms with Gasteiger partial charge in [-0.1, -0.05) is 32.9 Å². The Hall–Kier alpha value is -2.38. The van der Waals surface area contributed by atoms with E-state index in [9.17, 15) is 8.42 Å². The molecular weight excluding hydrogens is 398 g/mol. The van der Waals surface area contributed by atoms with Crippen LogP contribution in [0.3, 0.4) is 0 Å². The van der Waals surface area contributed by atoms with Gasteiger partial charge in [0.15, 0.2) is 0 Å². The van der Waals surface area contributed by atoms with Gasteiger partial charge in [-0.2, -0.15) is 5.10 Å². The van der Waals surface area contributed by atoms with E-state index >= 15 is 0 Å². The zero-order valence-corrected chi connectivity index (χ0v) is 18.6. The maximum absolute atomic E-state index is 13.6. The molecular formula is C23H29N3O3S. The van der Waals surface area contributed by atoms with Crippen molar-refractivity contribution in [2.75, 3.05) is 24.1 Å². The van der Waals surface area contributed by atoms with Crippen LogP contribution in [0, 0.1) is 11.8 Å². The Kier molecular flexibility index (Phi) is 5.84. The van der Waals surface area contributed by atoms with Gasteiger partial charge in [0.1, 0.15) is 0 Å². The molecule has 0 unspecified atom stereocenters. The van der Waals surface area contributed by atoms with E-state index in [0.717, 1.165) is 37.1 Å². The van der Waals surface area contributed by atoms with E-state index in [1.807, 2.05) is 48.9 Å². The number of aryl methyl sites for hydroxylation is 1. The number of anilines is 1. The van der Waals surface area contributed by atoms with Crippen molar-refractivity contribution in [3.8, 4) is 0 Å². The third kappa shape index (κ3) is 4.09. The first-order valence-corrected chi connectivity index (χ1v) is 12.0. The minimum Gasteiger partial charge on any atom is -0.381 e. The fourth-order valence-corrected chi connectivity index (χ4v) is 5.37. The molecule has 0 atom stereocenters. The number of hydrogen-bond donors (Lipinski definition) is 0. The molecule has 7 heteroatoms. The average molecular weight is 428 g/mol. The van der Waals surface area contributed by atoms with Gasteiger partial charge < -0.3 is 4.74 Å². The minimum atomic E-state index is -3.69. The van der Waals surface area contributed by atoms with E-state index in [1.54, 1.807) is 18.3 Å². The summed E-state index contributed by atoms with van der Waals surface area (Å²) in [6, 6.07) is 13.1. The van der Waals surface area contributed by atoms with Gasteiger partial charge in [-0.3, -0.25) is 8.99 Å². The predicted molar refractivity (Wildman–Crippen MR) is 119 cm³/mol. The number of aromatic nitrogens is 2. The smallest absolute Gasteiger partial charge is 0.264 e. The summed E-state index contributed by atoms with van der Waals surface area (Å²) in [5.74, 6) is 0.672. The normalized spacial score (nSPS) is 14.9. The maximum Gasteiger partial charge on any atom is 0.264 e. The zero-order chi connectivity index (χ0) is 21.3. The highest BCUT2D eigenvalue weighted by molar-refractivity contribution is 7.92. The lowest BCUT2D eigenvalue weighted by Gasteiger charge is -2.27. The quantitative estimate of drug-likeness (QED) is 0.543. The van der Waals surface area contributed by atoms with E-state index < -0.39 is 10.0 Å². The van der Waals surface area contributed by atoms with Crippen LogP contribution in [0.2, 0.25) is 0 Å². The molecule has 6 nitrogen and oxygen atoms in total. The third-order valence-corrected chi connectivity index (χ3v) is 7.29. The molecule has 30 heavy (non-hydrogen) atoms. The number of nitrogens with zero attached hydrogens (tertiary/aromatic N) is 3. The Balaban J connectivity index is 1.68. The standard InChI is InChI=1S/C23H29N3O3S/c1-4-18-5-7-21(8-6-18)26(13-17(2)3)30(27,28)22-9-10-23-20(11-22)12-24-25(23)14-19-15-29-16-19/h5-12,17,19H,4,13-16H2,1-3H3. The number of hydrogen-bond acceptors (Lipinski definition) is 4. The van der Waals surface area contributed by atoms with Crippen molar-refractivity contribution in [3.63, 3.8) is 0 Å². The number of sulfonamides is 1. The molecule has 1 aliphatic heterocycles. The van der Waals surface area contributed by atoms with Crippen molar-refractivity contribution in [2.45, 2.75) is 38.6 Å². The van der Waals surface area contributed by atoms with Crippen LogP contribution in [-0.2, 0) is 27.7 Å². The summed E-state index contributed by atoms with van der Waals surface area (Å²) in [4.78, 5) is 0.293. The van der Waals surface area contributed by atoms with Crippen molar-refractivity contribution in [3.05, 3.63) is 54.2 Å². The molecule has 0 aliphatic carbocycles. The van der Waals surface area contributed by atoms with Crippen molar-refractivity contribution in [1.29, 1.82) is 0 Å². The monoisotopic (exact) mass is 427 g/mol. The van der Waals surface area contributed by atoms with Gasteiger partial charge in [0.25, 0.3) is 10.0 Å². The lowest BCUT2D eigenvalue weighted by Crippen LogP contribution is -2.34. The van der Waals surface area contributed by atoms with Gasteiger partial charge in [0.2, 0.25) is 0 Å². The summed E-state index contributed by atoms with van der Waals surface area (Å²) < 4.78 is 35.9. The van der Waals surface area contributed by atoms with Gasteiger partial charge in [-0.15, -0.1) is 0 Å². The lowest BCUT2D eigenvalue weighted by molar-refractivity contribution is -0.0403. The van der Waals surface area contributed by atoms with Crippen LogP contribution in [0.15, 0.2) is 53.6 Å². The van der Waals surface area contributed by atoms with Crippen LogP contribution in [0.1, 0.15) is 26.3 Å². The van der Waals surface area contributed by atoms with Gasteiger partial charge in [-0.25, -0.2) is 8.42 Å². The Bertz CT molecular complexity index is 1120. The molecule has 1 saturated heterocycles. The molecule has 0 radical (unpaired) electrons. The molecule has 1 aliphatic rings. The molecule has 0 N–H and O–H groups in total. The fraction of sp³-hybridized carbons (Fsp3) is 0.435. The SMILES string of the molecule is CCc1ccc(N(CC(C)C)S(=O)(=O)c2ccc3c(cnn3CC3COC3)c2)cc1. The third-order valence-electron chi connectivity index (χ3n) is 5.50. The maximum atomic E-state index is 13.6. The highest BCUT2D eigenvalue weighted by Gasteiger charge is 2.27. The largest absolute Gasteiger partial charge is 0.381 e. The molecule has 0 spiro atoms. The number of fused-ring (bicyclic) bond motifs is 1. The molecule has 2 aromatic carbocycles. The van der Waals surface area contributed by atoms with E-state index in [-0.39, 0.29) is 5.92 Å². The van der Waals surface area contributed by atoms with Gasteiger partial charge in [-0.05, 0) is 48.2 Å². The fourth-order valence-electron chi connectivity index (χ4n) is 3.70. The van der Waals surface area contributed by atoms with E-state index in [0.29, 0.717) is 23.0 Å². The van der Waals surface area contributed by atoms with Crippen molar-refractivity contribution >= 4 is 26.6 Å². The van der Waals surface area contributed by atoms with Gasteiger partial charge in [0.05, 0.1) is 35.5 Å². The predicted octanol–water partition coefficient (Wildman–Crippen LogP) is 4.10. The molecule has 0 bridgehead atoms. The van der Waals surface area contributed by atoms with E-state index in [1.165, 1.54) is 9.87 Å². The summed E-state index contributed by atoms with van der Waals surface area (Å²) in [7, 11) is -3.69. The first-order chi connectivity index (χ1) is 14.4. The van der Waals surface area contributed by atoms with Crippen LogP contribution >= 0.6 is 0 Å². The van der Waals surface area contributed by atoms with Gasteiger partial charge in [0, 0.05) is 24.4 Å². The average Bonchev–Trinajstić information content (AvgIpc) is 3.11. The second-order valence-corrected chi connectivity index (χ2v) is 10.3. The van der Waals surface area contributed by atoms with Crippen molar-refractivity contribution in [1.82, 2.24) is 9.78 Å². The van der Waals surface area contributed by atoms with Crippen LogP contribution < -0.4 is 4.31 Å². The van der Waals surface area contributed by atoms with Gasteiger partial charge >= 0.3 is 0 Å². The summed E-state index contributed by atoms with van der Waals surface area (Å²) in [6.07, 6.45) is 2.67. The highest BCUT2D eigenvalue weighted by atomic mass is 32.2. The lowest BCUT2D eigenvalue weighted by atomic mass is 10.1. The first kappa shape index (κ1) is 20.9. The van der Waals surface area contributed by atoms with Crippen molar-refractivity contribution in [2.24, 2.45) is 11.8 Å². The second kappa shape index (κ2) is 8.40. The first-order valence-electron chi connectivity index (χ1n) is 10.5. The molecule has 3 aromatic rings. The second-order valence-electron chi connectivity index (χ2n) is 8.40. The molecule has 0 amide bonds. The van der Waals surface area contributed by atoms with Crippen LogP contribution in [0.25, 0.3) is 10.9 Å². The number of rotatable bonds is 8. The molecule has 2 heterocycles. The number of benzene rings is 2. The Morgan fingerprint density at radius 1 is 1.17 bits per heavy atom. The van der Waals surface area contributed by atoms with Crippen LogP contribution in [-0.4, -0.2) is 38.0 Å². The summed E-state index contributed by atoms with van der Waals surface area (Å²) >= 11 is 0. The molecule has 0 saturated carbocycles. The molecule has 4 rings (SSSR count). The van der Waals surface area contributed by atoms with Crippen LogP contribution in [0.4, 0.5) is 5.69 Å². The summed E-state index contributed by atoms with van der Waals surface area (Å²) in [6.45, 7) is 8.88. The minimum absolute atomic E-state index is 0.196. The molecule has 1 aromatic heterocycles. The van der Waals surface area contributed by atoms with Crippen molar-refractivity contribution < 1.29 is 13.2 Å². The Labute approximate surface area is 178 Å². The Morgan fingerprint density at radius 3 is 2.50 bits per heavy atom. The highest BCUT2D eigenvalue weighted by Crippen LogP contribution is 2.28. The van der Waals surface area contributed by atoms with E-state index in [2.05, 4.69) is 12.0 Å². The topological polar surface area (TPSA) is 64.4 Å². The molecule has 160 valence electrons. The number of ether oxygens (including phenoxy) is 1.